The summed E-state index contributed by atoms with van der Waals surface area (Å²) in [5.41, 5.74) is 0.425. The summed E-state index contributed by atoms with van der Waals surface area (Å²) in [6.07, 6.45) is -4.30. The Morgan fingerprint density at radius 1 is 1.12 bits per heavy atom. The Balaban J connectivity index is 3.45. The third-order valence-corrected chi connectivity index (χ3v) is 2.44. The Morgan fingerprint density at radius 3 is 2.06 bits per heavy atom. The van der Waals surface area contributed by atoms with E-state index < -0.39 is 11.7 Å². The lowest BCUT2D eigenvalue weighted by atomic mass is 9.97. The van der Waals surface area contributed by atoms with Gasteiger partial charge in [-0.05, 0) is 17.5 Å². The van der Waals surface area contributed by atoms with Gasteiger partial charge >= 0.3 is 6.18 Å². The molecule has 0 atom stereocenters. The highest BCUT2D eigenvalue weighted by Gasteiger charge is 2.35. The van der Waals surface area contributed by atoms with Gasteiger partial charge in [0.05, 0.1) is 11.3 Å². The molecular weight excluding hydrogens is 215 g/mol. The number of halogens is 3. The molecule has 1 aromatic rings. The quantitative estimate of drug-likeness (QED) is 0.746. The number of alkyl halides is 3. The molecule has 4 heteroatoms. The first-order valence-corrected chi connectivity index (χ1v) is 5.12. The van der Waals surface area contributed by atoms with E-state index >= 15 is 0 Å². The lowest BCUT2D eigenvalue weighted by Gasteiger charge is -2.24. The predicted octanol–water partition coefficient (Wildman–Crippen LogP) is 3.89. The van der Waals surface area contributed by atoms with Gasteiger partial charge < -0.3 is 4.90 Å². The Labute approximate surface area is 93.9 Å². The van der Waals surface area contributed by atoms with Gasteiger partial charge in [0, 0.05) is 14.1 Å². The highest BCUT2D eigenvalue weighted by molar-refractivity contribution is 5.61. The van der Waals surface area contributed by atoms with Crippen molar-refractivity contribution < 1.29 is 13.2 Å². The van der Waals surface area contributed by atoms with Crippen molar-refractivity contribution in [2.75, 3.05) is 19.0 Å². The van der Waals surface area contributed by atoms with Gasteiger partial charge in [0.1, 0.15) is 0 Å². The van der Waals surface area contributed by atoms with E-state index in [9.17, 15) is 13.2 Å². The molecule has 0 radical (unpaired) electrons. The average Bonchev–Trinajstić information content (AvgIpc) is 2.14. The van der Waals surface area contributed by atoms with E-state index in [-0.39, 0.29) is 11.6 Å². The minimum absolute atomic E-state index is 0.0692. The van der Waals surface area contributed by atoms with Crippen molar-refractivity contribution in [1.29, 1.82) is 0 Å². The van der Waals surface area contributed by atoms with E-state index in [2.05, 4.69) is 0 Å². The van der Waals surface area contributed by atoms with Crippen LogP contribution in [0.3, 0.4) is 0 Å². The Morgan fingerprint density at radius 2 is 1.69 bits per heavy atom. The first-order valence-electron chi connectivity index (χ1n) is 5.12. The molecule has 1 aromatic carbocycles. The maximum absolute atomic E-state index is 12.8. The largest absolute Gasteiger partial charge is 0.418 e. The monoisotopic (exact) mass is 231 g/mol. The van der Waals surface area contributed by atoms with E-state index in [0.717, 1.165) is 11.6 Å². The summed E-state index contributed by atoms with van der Waals surface area (Å²) in [7, 11) is 3.27. The molecule has 1 rings (SSSR count). The predicted molar refractivity (Wildman–Crippen MR) is 59.9 cm³/mol. The maximum Gasteiger partial charge on any atom is 0.418 e. The van der Waals surface area contributed by atoms with Crippen LogP contribution < -0.4 is 4.90 Å². The van der Waals surface area contributed by atoms with Crippen molar-refractivity contribution in [3.8, 4) is 0 Å². The minimum atomic E-state index is -4.30. The molecule has 0 aromatic heterocycles. The summed E-state index contributed by atoms with van der Waals surface area (Å²) in [5, 5.41) is 0. The fourth-order valence-corrected chi connectivity index (χ4v) is 1.76. The van der Waals surface area contributed by atoms with Gasteiger partial charge in [0.15, 0.2) is 0 Å². The molecule has 0 fully saturated rings. The van der Waals surface area contributed by atoms with Crippen molar-refractivity contribution in [3.63, 3.8) is 0 Å². The molecule has 0 aliphatic rings. The zero-order valence-electron chi connectivity index (χ0n) is 9.89. The minimum Gasteiger partial charge on any atom is -0.377 e. The number of rotatable bonds is 2. The molecular formula is C12H16F3N. The standard InChI is InChI=1S/C12H16F3N/c1-8(2)9-6-5-7-10(12(13,14)15)11(9)16(3)4/h5-8H,1-4H3. The fraction of sp³-hybridized carbons (Fsp3) is 0.500. The van der Waals surface area contributed by atoms with Crippen molar-refractivity contribution in [2.24, 2.45) is 0 Å². The van der Waals surface area contributed by atoms with Gasteiger partial charge in [0.2, 0.25) is 0 Å². The smallest absolute Gasteiger partial charge is 0.377 e. The molecule has 0 unspecified atom stereocenters. The van der Waals surface area contributed by atoms with E-state index in [1.54, 1.807) is 20.2 Å². The molecule has 0 bridgehead atoms. The van der Waals surface area contributed by atoms with Crippen LogP contribution >= 0.6 is 0 Å². The van der Waals surface area contributed by atoms with Gasteiger partial charge in [-0.3, -0.25) is 0 Å². The van der Waals surface area contributed by atoms with Gasteiger partial charge in [-0.25, -0.2) is 0 Å². The molecule has 1 nitrogen and oxygen atoms in total. The summed E-state index contributed by atoms with van der Waals surface area (Å²) in [6, 6.07) is 4.33. The van der Waals surface area contributed by atoms with Crippen LogP contribution in [0.25, 0.3) is 0 Å². The molecule has 90 valence electrons. The second-order valence-corrected chi connectivity index (χ2v) is 4.29. The number of nitrogens with zero attached hydrogens (tertiary/aromatic N) is 1. The highest BCUT2D eigenvalue weighted by Crippen LogP contribution is 2.39. The number of benzene rings is 1. The zero-order chi connectivity index (χ0) is 12.5. The van der Waals surface area contributed by atoms with Crippen LogP contribution in [0.2, 0.25) is 0 Å². The molecule has 0 aliphatic heterocycles. The van der Waals surface area contributed by atoms with Crippen LogP contribution in [-0.4, -0.2) is 14.1 Å². The summed E-state index contributed by atoms with van der Waals surface area (Å²) in [4.78, 5) is 1.53. The molecule has 0 saturated carbocycles. The zero-order valence-corrected chi connectivity index (χ0v) is 9.89. The first kappa shape index (κ1) is 12.9. The van der Waals surface area contributed by atoms with E-state index in [0.29, 0.717) is 0 Å². The van der Waals surface area contributed by atoms with Crippen LogP contribution in [0, 0.1) is 0 Å². The number of hydrogen-bond donors (Lipinski definition) is 0. The molecule has 0 amide bonds. The van der Waals surface area contributed by atoms with E-state index in [4.69, 9.17) is 0 Å². The lowest BCUT2D eigenvalue weighted by Crippen LogP contribution is -2.19. The number of anilines is 1. The first-order chi connectivity index (χ1) is 7.25. The van der Waals surface area contributed by atoms with Crippen LogP contribution in [0.4, 0.5) is 18.9 Å². The Kier molecular flexibility index (Phi) is 3.51. The van der Waals surface area contributed by atoms with Crippen molar-refractivity contribution in [1.82, 2.24) is 0 Å². The highest BCUT2D eigenvalue weighted by atomic mass is 19.4. The third-order valence-electron chi connectivity index (χ3n) is 2.44. The fourth-order valence-electron chi connectivity index (χ4n) is 1.76. The second-order valence-electron chi connectivity index (χ2n) is 4.29. The molecule has 0 aliphatic carbocycles. The van der Waals surface area contributed by atoms with Crippen LogP contribution in [0.5, 0.6) is 0 Å². The van der Waals surface area contributed by atoms with Gasteiger partial charge in [-0.2, -0.15) is 13.2 Å². The molecule has 0 heterocycles. The summed E-state index contributed by atoms with van der Waals surface area (Å²) in [5.74, 6) is 0.0692. The third kappa shape index (κ3) is 2.49. The molecule has 0 saturated heterocycles. The van der Waals surface area contributed by atoms with Gasteiger partial charge in [-0.15, -0.1) is 0 Å². The van der Waals surface area contributed by atoms with Crippen LogP contribution in [0.1, 0.15) is 30.9 Å². The van der Waals surface area contributed by atoms with E-state index in [1.165, 1.54) is 11.0 Å². The van der Waals surface area contributed by atoms with Crippen molar-refractivity contribution in [2.45, 2.75) is 25.9 Å². The maximum atomic E-state index is 12.8. The lowest BCUT2D eigenvalue weighted by molar-refractivity contribution is -0.137. The van der Waals surface area contributed by atoms with Crippen molar-refractivity contribution in [3.05, 3.63) is 29.3 Å². The van der Waals surface area contributed by atoms with Crippen LogP contribution in [-0.2, 0) is 6.18 Å². The van der Waals surface area contributed by atoms with Crippen molar-refractivity contribution >= 4 is 5.69 Å². The van der Waals surface area contributed by atoms with E-state index in [1.807, 2.05) is 13.8 Å². The normalized spacial score (nSPS) is 12.0. The molecule has 0 spiro atoms. The molecule has 16 heavy (non-hydrogen) atoms. The topological polar surface area (TPSA) is 3.24 Å². The van der Waals surface area contributed by atoms with Gasteiger partial charge in [0.25, 0.3) is 0 Å². The Bertz CT molecular complexity index is 367. The second kappa shape index (κ2) is 4.36. The van der Waals surface area contributed by atoms with Gasteiger partial charge in [-0.1, -0.05) is 26.0 Å². The summed E-state index contributed by atoms with van der Waals surface area (Å²) in [6.45, 7) is 3.78. The number of para-hydroxylation sites is 1. The number of hydrogen-bond acceptors (Lipinski definition) is 1. The van der Waals surface area contributed by atoms with Crippen LogP contribution in [0.15, 0.2) is 18.2 Å². The summed E-state index contributed by atoms with van der Waals surface area (Å²) < 4.78 is 38.5. The SMILES string of the molecule is CC(C)c1cccc(C(F)(F)F)c1N(C)C. The summed E-state index contributed by atoms with van der Waals surface area (Å²) >= 11 is 0. The molecule has 0 N–H and O–H groups in total. The average molecular weight is 231 g/mol. The Hall–Kier alpha value is -1.19.